The Labute approximate surface area is 233 Å². The summed E-state index contributed by atoms with van der Waals surface area (Å²) in [6, 6.07) is 0. The molecular formula is C28H46O12. The van der Waals surface area contributed by atoms with Crippen molar-refractivity contribution in [2.24, 2.45) is 28.6 Å². The SMILES string of the molecule is CC(=O)O[C@@H]1[C@H]2CC[C@H]3[C@@](C)(O)[C@@H]4C[C@H](O[C@@H]5O[C@H](CO)[C@@H](O)[C@H](O)[C@H]5O)C(C)(C)[C@@]4(O)[C@H](O)C[C@@]13C[C@@]2(C)O. The fourth-order valence-corrected chi connectivity index (χ4v) is 9.69. The van der Waals surface area contributed by atoms with E-state index in [1.807, 2.05) is 0 Å². The average Bonchev–Trinajstić information content (AvgIpc) is 3.09. The summed E-state index contributed by atoms with van der Waals surface area (Å²) in [5.74, 6) is -2.36. The minimum absolute atomic E-state index is 0.0262. The van der Waals surface area contributed by atoms with E-state index in [0.717, 1.165) is 0 Å². The number of esters is 1. The van der Waals surface area contributed by atoms with Gasteiger partial charge in [0, 0.05) is 29.6 Å². The molecule has 4 aliphatic carbocycles. The van der Waals surface area contributed by atoms with E-state index >= 15 is 0 Å². The van der Waals surface area contributed by atoms with Crippen LogP contribution in [0.1, 0.15) is 66.7 Å². The molecular weight excluding hydrogens is 528 g/mol. The van der Waals surface area contributed by atoms with Crippen LogP contribution in [0, 0.1) is 28.6 Å². The summed E-state index contributed by atoms with van der Waals surface area (Å²) in [5.41, 5.74) is -6.92. The van der Waals surface area contributed by atoms with Gasteiger partial charge in [0.15, 0.2) is 6.29 Å². The number of ether oxygens (including phenoxy) is 3. The first-order chi connectivity index (χ1) is 18.4. The standard InChI is InChI=1S/C28H46O12/c1-12(30)38-22-13-6-7-15-26(5,36)16-8-18(40-23-21(34)20(33)19(32)14(10-29)39-23)24(2,3)28(16,37)17(31)9-27(15,22)11-25(13,4)35/h13-23,29,31-37H,6-11H2,1-5H3/t13-,14-,15+,16+,17-,18+,19-,20+,21-,22-,23+,25-,26-,27+,28+/m1/s1. The van der Waals surface area contributed by atoms with Crippen molar-refractivity contribution in [2.45, 2.75) is 133 Å². The van der Waals surface area contributed by atoms with E-state index in [9.17, 15) is 45.6 Å². The quantitative estimate of drug-likeness (QED) is 0.182. The molecule has 5 rings (SSSR count). The van der Waals surface area contributed by atoms with Gasteiger partial charge in [-0.1, -0.05) is 13.8 Å². The number of carbonyl (C=O) groups is 1. The second-order valence-electron chi connectivity index (χ2n) is 14.1. The van der Waals surface area contributed by atoms with Gasteiger partial charge in [-0.3, -0.25) is 4.79 Å². The molecule has 15 atom stereocenters. The molecule has 0 aromatic carbocycles. The zero-order valence-corrected chi connectivity index (χ0v) is 23.8. The molecule has 0 aromatic heterocycles. The van der Waals surface area contributed by atoms with Crippen molar-refractivity contribution in [2.75, 3.05) is 6.61 Å². The number of hydrogen-bond donors (Lipinski definition) is 8. The van der Waals surface area contributed by atoms with Gasteiger partial charge in [-0.25, -0.2) is 0 Å². The van der Waals surface area contributed by atoms with Gasteiger partial charge in [0.2, 0.25) is 0 Å². The second-order valence-corrected chi connectivity index (χ2v) is 14.1. The third kappa shape index (κ3) is 3.98. The number of rotatable bonds is 4. The summed E-state index contributed by atoms with van der Waals surface area (Å²) in [4.78, 5) is 12.2. The van der Waals surface area contributed by atoms with Crippen LogP contribution in [0.3, 0.4) is 0 Å². The number of fused-ring (bicyclic) bond motifs is 2. The largest absolute Gasteiger partial charge is 0.462 e. The number of aliphatic hydroxyl groups excluding tert-OH is 5. The van der Waals surface area contributed by atoms with E-state index < -0.39 is 101 Å². The summed E-state index contributed by atoms with van der Waals surface area (Å²) >= 11 is 0. The molecule has 12 heteroatoms. The highest BCUT2D eigenvalue weighted by Crippen LogP contribution is 2.70. The first-order valence-corrected chi connectivity index (χ1v) is 14.3. The predicted molar refractivity (Wildman–Crippen MR) is 136 cm³/mol. The maximum atomic E-state index is 12.5. The average molecular weight is 575 g/mol. The highest BCUT2D eigenvalue weighted by molar-refractivity contribution is 5.66. The summed E-state index contributed by atoms with van der Waals surface area (Å²) in [5, 5.41) is 88.7. The number of aliphatic hydroxyl groups is 8. The Morgan fingerprint density at radius 2 is 1.60 bits per heavy atom. The van der Waals surface area contributed by atoms with Crippen LogP contribution in [-0.2, 0) is 19.0 Å². The highest BCUT2D eigenvalue weighted by Gasteiger charge is 2.77. The molecule has 1 spiro atoms. The van der Waals surface area contributed by atoms with Gasteiger partial charge in [0.1, 0.15) is 36.1 Å². The van der Waals surface area contributed by atoms with E-state index in [2.05, 4.69) is 0 Å². The zero-order chi connectivity index (χ0) is 29.8. The van der Waals surface area contributed by atoms with Gasteiger partial charge in [-0.2, -0.15) is 0 Å². The summed E-state index contributed by atoms with van der Waals surface area (Å²) in [6.07, 6.45) is -9.33. The fraction of sp³-hybridized carbons (Fsp3) is 0.964. The predicted octanol–water partition coefficient (Wildman–Crippen LogP) is -1.44. The summed E-state index contributed by atoms with van der Waals surface area (Å²) in [7, 11) is 0. The molecule has 4 saturated carbocycles. The Morgan fingerprint density at radius 1 is 0.950 bits per heavy atom. The van der Waals surface area contributed by atoms with Crippen molar-refractivity contribution in [1.29, 1.82) is 0 Å². The molecule has 230 valence electrons. The highest BCUT2D eigenvalue weighted by atomic mass is 16.7. The minimum atomic E-state index is -1.91. The second kappa shape index (κ2) is 9.54. The lowest BCUT2D eigenvalue weighted by Gasteiger charge is -2.51. The summed E-state index contributed by atoms with van der Waals surface area (Å²) in [6.45, 7) is 7.36. The normalized spacial score (nSPS) is 57.2. The lowest BCUT2D eigenvalue weighted by molar-refractivity contribution is -0.321. The maximum Gasteiger partial charge on any atom is 0.302 e. The van der Waals surface area contributed by atoms with Gasteiger partial charge in [0.05, 0.1) is 30.0 Å². The first-order valence-electron chi connectivity index (χ1n) is 14.3. The molecule has 8 N–H and O–H groups in total. The lowest BCUT2D eigenvalue weighted by atomic mass is 9.57. The van der Waals surface area contributed by atoms with Crippen LogP contribution in [-0.4, -0.2) is 119 Å². The van der Waals surface area contributed by atoms with Gasteiger partial charge < -0.3 is 55.1 Å². The molecule has 1 heterocycles. The Kier molecular flexibility index (Phi) is 7.28. The Bertz CT molecular complexity index is 998. The van der Waals surface area contributed by atoms with Crippen molar-refractivity contribution in [3.8, 4) is 0 Å². The molecule has 0 unspecified atom stereocenters. The Morgan fingerprint density at radius 3 is 2.20 bits per heavy atom. The molecule has 5 aliphatic rings. The van der Waals surface area contributed by atoms with E-state index in [1.54, 1.807) is 27.7 Å². The molecule has 2 bridgehead atoms. The van der Waals surface area contributed by atoms with Crippen molar-refractivity contribution in [3.05, 3.63) is 0 Å². The molecule has 5 fully saturated rings. The lowest BCUT2D eigenvalue weighted by Crippen LogP contribution is -2.62. The van der Waals surface area contributed by atoms with Crippen LogP contribution in [0.2, 0.25) is 0 Å². The molecule has 1 saturated heterocycles. The van der Waals surface area contributed by atoms with Gasteiger partial charge in [-0.05, 0) is 51.9 Å². The van der Waals surface area contributed by atoms with Crippen LogP contribution in [0.5, 0.6) is 0 Å². The molecule has 12 nitrogen and oxygen atoms in total. The Hall–Kier alpha value is -0.930. The van der Waals surface area contributed by atoms with Crippen LogP contribution >= 0.6 is 0 Å². The molecule has 0 radical (unpaired) electrons. The van der Waals surface area contributed by atoms with Crippen LogP contribution < -0.4 is 0 Å². The van der Waals surface area contributed by atoms with Crippen molar-refractivity contribution in [3.63, 3.8) is 0 Å². The fourth-order valence-electron chi connectivity index (χ4n) is 9.69. The minimum Gasteiger partial charge on any atom is -0.462 e. The van der Waals surface area contributed by atoms with Crippen LogP contribution in [0.15, 0.2) is 0 Å². The smallest absolute Gasteiger partial charge is 0.302 e. The van der Waals surface area contributed by atoms with Crippen LogP contribution in [0.4, 0.5) is 0 Å². The van der Waals surface area contributed by atoms with Crippen molar-refractivity contribution >= 4 is 5.97 Å². The maximum absolute atomic E-state index is 12.5. The Balaban J connectivity index is 1.52. The van der Waals surface area contributed by atoms with E-state index in [1.165, 1.54) is 6.92 Å². The third-order valence-corrected chi connectivity index (χ3v) is 11.6. The van der Waals surface area contributed by atoms with Crippen molar-refractivity contribution < 1.29 is 59.9 Å². The first kappa shape index (κ1) is 30.5. The van der Waals surface area contributed by atoms with Gasteiger partial charge >= 0.3 is 5.97 Å². The van der Waals surface area contributed by atoms with E-state index in [-0.39, 0.29) is 25.2 Å². The van der Waals surface area contributed by atoms with E-state index in [0.29, 0.717) is 12.8 Å². The van der Waals surface area contributed by atoms with E-state index in [4.69, 9.17) is 14.2 Å². The molecule has 1 aliphatic heterocycles. The molecule has 0 amide bonds. The number of hydrogen-bond acceptors (Lipinski definition) is 12. The van der Waals surface area contributed by atoms with Crippen molar-refractivity contribution in [1.82, 2.24) is 0 Å². The van der Waals surface area contributed by atoms with Gasteiger partial charge in [-0.15, -0.1) is 0 Å². The number of carbonyl (C=O) groups excluding carboxylic acids is 1. The topological polar surface area (TPSA) is 207 Å². The molecule has 0 aromatic rings. The monoisotopic (exact) mass is 574 g/mol. The molecule has 40 heavy (non-hydrogen) atoms. The van der Waals surface area contributed by atoms with Gasteiger partial charge in [0.25, 0.3) is 0 Å². The summed E-state index contributed by atoms with van der Waals surface area (Å²) < 4.78 is 17.5. The zero-order valence-electron chi connectivity index (χ0n) is 23.8. The van der Waals surface area contributed by atoms with Crippen LogP contribution in [0.25, 0.3) is 0 Å². The third-order valence-electron chi connectivity index (χ3n) is 11.6.